The van der Waals surface area contributed by atoms with E-state index in [0.29, 0.717) is 23.8 Å². The predicted octanol–water partition coefficient (Wildman–Crippen LogP) is 3.13. The Morgan fingerprint density at radius 1 is 1.10 bits per heavy atom. The van der Waals surface area contributed by atoms with E-state index in [0.717, 1.165) is 11.1 Å². The van der Waals surface area contributed by atoms with E-state index < -0.39 is 0 Å². The molecule has 4 aromatic rings. The van der Waals surface area contributed by atoms with E-state index in [2.05, 4.69) is 25.4 Å². The van der Waals surface area contributed by atoms with Gasteiger partial charge >= 0.3 is 0 Å². The molecule has 1 unspecified atom stereocenters. The molecule has 0 aliphatic rings. The number of carbonyl (C=O) groups excluding carboxylic acids is 1. The minimum absolute atomic E-state index is 0.140. The summed E-state index contributed by atoms with van der Waals surface area (Å²) in [5.41, 5.74) is 2.32. The molecule has 8 nitrogen and oxygen atoms in total. The van der Waals surface area contributed by atoms with E-state index in [1.165, 1.54) is 12.5 Å². The first-order valence-corrected chi connectivity index (χ1v) is 9.45. The van der Waals surface area contributed by atoms with Gasteiger partial charge in [0.1, 0.15) is 18.8 Å². The number of pyridine rings is 2. The summed E-state index contributed by atoms with van der Waals surface area (Å²) in [5.74, 6) is 0.842. The lowest BCUT2D eigenvalue weighted by Crippen LogP contribution is -2.24. The van der Waals surface area contributed by atoms with Gasteiger partial charge in [0, 0.05) is 30.6 Å². The molecule has 0 aliphatic carbocycles. The lowest BCUT2D eigenvalue weighted by Gasteiger charge is -2.14. The molecule has 0 saturated carbocycles. The molecule has 4 rings (SSSR count). The molecule has 1 aromatic carbocycles. The molecule has 8 heteroatoms. The number of rotatable bonds is 7. The van der Waals surface area contributed by atoms with Gasteiger partial charge in [0.25, 0.3) is 5.91 Å². The maximum absolute atomic E-state index is 12.5. The molecule has 0 aliphatic heterocycles. The third-order valence-electron chi connectivity index (χ3n) is 4.51. The van der Waals surface area contributed by atoms with Crippen molar-refractivity contribution in [1.29, 1.82) is 0 Å². The second kappa shape index (κ2) is 8.95. The largest absolute Gasteiger partial charge is 0.470 e. The molecule has 0 fully saturated rings. The Hall–Kier alpha value is -4.07. The van der Waals surface area contributed by atoms with Crippen LogP contribution in [-0.2, 0) is 6.54 Å². The van der Waals surface area contributed by atoms with Crippen molar-refractivity contribution >= 4 is 5.91 Å². The molecule has 0 bridgehead atoms. The van der Waals surface area contributed by atoms with Gasteiger partial charge in [0.05, 0.1) is 5.56 Å². The predicted molar refractivity (Wildman–Crippen MR) is 110 cm³/mol. The molecule has 1 amide bonds. The van der Waals surface area contributed by atoms with Crippen molar-refractivity contribution in [3.63, 3.8) is 0 Å². The fourth-order valence-corrected chi connectivity index (χ4v) is 2.93. The number of nitrogens with zero attached hydrogens (tertiary/aromatic N) is 5. The SMILES string of the molecule is CC(Oc1ccc(C(=O)NCc2cccnc2-n2cncn2)cn1)c1ccccc1. The summed E-state index contributed by atoms with van der Waals surface area (Å²) >= 11 is 0. The van der Waals surface area contributed by atoms with Gasteiger partial charge in [-0.25, -0.2) is 19.6 Å². The van der Waals surface area contributed by atoms with Crippen LogP contribution < -0.4 is 10.1 Å². The molecule has 150 valence electrons. The fourth-order valence-electron chi connectivity index (χ4n) is 2.93. The summed E-state index contributed by atoms with van der Waals surface area (Å²) in [7, 11) is 0. The fraction of sp³-hybridized carbons (Fsp3) is 0.136. The Morgan fingerprint density at radius 3 is 2.70 bits per heavy atom. The first kappa shape index (κ1) is 19.3. The summed E-state index contributed by atoms with van der Waals surface area (Å²) in [6.07, 6.45) is 6.03. The molecule has 1 N–H and O–H groups in total. The summed E-state index contributed by atoms with van der Waals surface area (Å²) < 4.78 is 7.41. The Balaban J connectivity index is 1.38. The molecular formula is C22H20N6O2. The van der Waals surface area contributed by atoms with E-state index in [4.69, 9.17) is 4.74 Å². The van der Waals surface area contributed by atoms with E-state index in [9.17, 15) is 4.79 Å². The van der Waals surface area contributed by atoms with Crippen LogP contribution in [0.25, 0.3) is 5.82 Å². The Morgan fingerprint density at radius 2 is 1.97 bits per heavy atom. The van der Waals surface area contributed by atoms with Crippen molar-refractivity contribution in [3.05, 3.63) is 96.3 Å². The lowest BCUT2D eigenvalue weighted by atomic mass is 10.1. The van der Waals surface area contributed by atoms with Crippen molar-refractivity contribution in [3.8, 4) is 11.7 Å². The molecule has 30 heavy (non-hydrogen) atoms. The third kappa shape index (κ3) is 4.49. The number of ether oxygens (including phenoxy) is 1. The number of aromatic nitrogens is 5. The number of nitrogens with one attached hydrogen (secondary N) is 1. The minimum atomic E-state index is -0.237. The molecule has 0 spiro atoms. The van der Waals surface area contributed by atoms with Crippen molar-refractivity contribution in [2.75, 3.05) is 0 Å². The van der Waals surface area contributed by atoms with Crippen molar-refractivity contribution < 1.29 is 9.53 Å². The van der Waals surface area contributed by atoms with Crippen LogP contribution in [0, 0.1) is 0 Å². The monoisotopic (exact) mass is 400 g/mol. The highest BCUT2D eigenvalue weighted by molar-refractivity contribution is 5.93. The van der Waals surface area contributed by atoms with Crippen molar-refractivity contribution in [2.45, 2.75) is 19.6 Å². The van der Waals surface area contributed by atoms with Gasteiger partial charge in [-0.15, -0.1) is 0 Å². The topological polar surface area (TPSA) is 94.8 Å². The van der Waals surface area contributed by atoms with Crippen LogP contribution in [0.4, 0.5) is 0 Å². The lowest BCUT2D eigenvalue weighted by molar-refractivity contribution is 0.0950. The van der Waals surface area contributed by atoms with Gasteiger partial charge < -0.3 is 10.1 Å². The first-order valence-electron chi connectivity index (χ1n) is 9.45. The van der Waals surface area contributed by atoms with Crippen LogP contribution in [0.5, 0.6) is 5.88 Å². The Kier molecular flexibility index (Phi) is 5.75. The number of hydrogen-bond acceptors (Lipinski definition) is 6. The molecule has 3 heterocycles. The minimum Gasteiger partial charge on any atom is -0.470 e. The van der Waals surface area contributed by atoms with Crippen LogP contribution in [0.1, 0.15) is 34.5 Å². The Labute approximate surface area is 173 Å². The highest BCUT2D eigenvalue weighted by Crippen LogP contribution is 2.19. The third-order valence-corrected chi connectivity index (χ3v) is 4.51. The highest BCUT2D eigenvalue weighted by atomic mass is 16.5. The van der Waals surface area contributed by atoms with Gasteiger partial charge in [0.2, 0.25) is 5.88 Å². The smallest absolute Gasteiger partial charge is 0.253 e. The quantitative estimate of drug-likeness (QED) is 0.512. The molecule has 0 radical (unpaired) electrons. The van der Waals surface area contributed by atoms with Gasteiger partial charge in [-0.2, -0.15) is 5.10 Å². The zero-order valence-corrected chi connectivity index (χ0v) is 16.3. The second-order valence-corrected chi connectivity index (χ2v) is 6.56. The van der Waals surface area contributed by atoms with Gasteiger partial charge in [-0.05, 0) is 24.6 Å². The van der Waals surface area contributed by atoms with Crippen LogP contribution in [0.2, 0.25) is 0 Å². The van der Waals surface area contributed by atoms with Crippen molar-refractivity contribution in [2.24, 2.45) is 0 Å². The van der Waals surface area contributed by atoms with E-state index >= 15 is 0 Å². The maximum Gasteiger partial charge on any atom is 0.253 e. The summed E-state index contributed by atoms with van der Waals surface area (Å²) in [4.78, 5) is 25.0. The van der Waals surface area contributed by atoms with Gasteiger partial charge in [-0.1, -0.05) is 36.4 Å². The van der Waals surface area contributed by atoms with E-state index in [1.54, 1.807) is 29.3 Å². The average molecular weight is 400 g/mol. The number of benzene rings is 1. The number of hydrogen-bond donors (Lipinski definition) is 1. The first-order chi connectivity index (χ1) is 14.7. The average Bonchev–Trinajstić information content (AvgIpc) is 3.33. The molecule has 1 atom stereocenters. The summed E-state index contributed by atoms with van der Waals surface area (Å²) in [5, 5.41) is 6.98. The molecular weight excluding hydrogens is 380 g/mol. The second-order valence-electron chi connectivity index (χ2n) is 6.56. The van der Waals surface area contributed by atoms with Crippen LogP contribution >= 0.6 is 0 Å². The van der Waals surface area contributed by atoms with Crippen LogP contribution in [0.3, 0.4) is 0 Å². The van der Waals surface area contributed by atoms with Gasteiger partial charge in [-0.3, -0.25) is 4.79 Å². The zero-order valence-electron chi connectivity index (χ0n) is 16.3. The number of amides is 1. The van der Waals surface area contributed by atoms with E-state index in [1.807, 2.05) is 49.4 Å². The summed E-state index contributed by atoms with van der Waals surface area (Å²) in [6.45, 7) is 2.25. The van der Waals surface area contributed by atoms with Gasteiger partial charge in [0.15, 0.2) is 5.82 Å². The van der Waals surface area contributed by atoms with Crippen molar-refractivity contribution in [1.82, 2.24) is 30.0 Å². The molecule has 0 saturated heterocycles. The Bertz CT molecular complexity index is 1100. The normalized spacial score (nSPS) is 11.6. The number of carbonyl (C=O) groups is 1. The maximum atomic E-state index is 12.5. The molecule has 3 aromatic heterocycles. The van der Waals surface area contributed by atoms with E-state index in [-0.39, 0.29) is 12.0 Å². The standard InChI is InChI=1S/C22H20N6O2/c1-16(17-6-3-2-4-7-17)30-20-10-9-19(13-25-20)22(29)26-12-18-8-5-11-24-21(18)28-15-23-14-27-28/h2-11,13-16H,12H2,1H3,(H,26,29). The van der Waals surface area contributed by atoms with Crippen LogP contribution in [0.15, 0.2) is 79.6 Å². The zero-order chi connectivity index (χ0) is 20.8. The highest BCUT2D eigenvalue weighted by Gasteiger charge is 2.12. The summed E-state index contributed by atoms with van der Waals surface area (Å²) in [6, 6.07) is 17.0. The van der Waals surface area contributed by atoms with Crippen LogP contribution in [-0.4, -0.2) is 30.6 Å².